The lowest BCUT2D eigenvalue weighted by atomic mass is 10.2. The molecule has 0 saturated heterocycles. The molecule has 0 aromatic heterocycles. The second kappa shape index (κ2) is 8.77. The summed E-state index contributed by atoms with van der Waals surface area (Å²) in [5.74, 6) is -2.33. The van der Waals surface area contributed by atoms with Gasteiger partial charge in [0.1, 0.15) is 11.6 Å². The van der Waals surface area contributed by atoms with Crippen molar-refractivity contribution in [2.45, 2.75) is 13.3 Å². The second-order valence-electron chi connectivity index (χ2n) is 4.98. The van der Waals surface area contributed by atoms with Crippen molar-refractivity contribution in [3.8, 4) is 11.5 Å². The standard InChI is InChI=1S/C18H17F2NO4/c1-2-24-15-5-3-4-6-16(15)25-17(22)9-10-21-18(23)13-8-7-12(19)11-14(13)20/h3-8,11H,2,9-10H2,1H3,(H,21,23). The number of ether oxygens (including phenoxy) is 2. The Bertz CT molecular complexity index is 764. The summed E-state index contributed by atoms with van der Waals surface area (Å²) >= 11 is 0. The number of benzene rings is 2. The first-order valence-corrected chi connectivity index (χ1v) is 7.67. The zero-order chi connectivity index (χ0) is 18.2. The van der Waals surface area contributed by atoms with E-state index in [0.29, 0.717) is 18.4 Å². The average Bonchev–Trinajstić information content (AvgIpc) is 2.56. The molecular formula is C18H17F2NO4. The largest absolute Gasteiger partial charge is 0.490 e. The lowest BCUT2D eigenvalue weighted by molar-refractivity contribution is -0.134. The minimum atomic E-state index is -0.967. The molecule has 0 spiro atoms. The molecule has 2 aromatic carbocycles. The van der Waals surface area contributed by atoms with Crippen LogP contribution in [0.15, 0.2) is 42.5 Å². The third-order valence-electron chi connectivity index (χ3n) is 3.16. The van der Waals surface area contributed by atoms with E-state index >= 15 is 0 Å². The topological polar surface area (TPSA) is 64.6 Å². The van der Waals surface area contributed by atoms with E-state index in [0.717, 1.165) is 12.1 Å². The predicted molar refractivity (Wildman–Crippen MR) is 86.6 cm³/mol. The third-order valence-corrected chi connectivity index (χ3v) is 3.16. The summed E-state index contributed by atoms with van der Waals surface area (Å²) in [6.45, 7) is 2.18. The van der Waals surface area contributed by atoms with E-state index in [1.807, 2.05) is 6.92 Å². The molecule has 0 radical (unpaired) electrons. The molecule has 25 heavy (non-hydrogen) atoms. The van der Waals surface area contributed by atoms with Crippen LogP contribution in [-0.4, -0.2) is 25.0 Å². The van der Waals surface area contributed by atoms with Crippen LogP contribution < -0.4 is 14.8 Å². The Morgan fingerprint density at radius 2 is 1.80 bits per heavy atom. The van der Waals surface area contributed by atoms with Crippen LogP contribution in [0.25, 0.3) is 0 Å². The molecule has 2 rings (SSSR count). The van der Waals surface area contributed by atoms with Crippen LogP contribution in [0.3, 0.4) is 0 Å². The first-order chi connectivity index (χ1) is 12.0. The first-order valence-electron chi connectivity index (χ1n) is 7.67. The first kappa shape index (κ1) is 18.4. The molecule has 0 bridgehead atoms. The molecular weight excluding hydrogens is 332 g/mol. The number of halogens is 2. The number of para-hydroxylation sites is 2. The smallest absolute Gasteiger partial charge is 0.313 e. The van der Waals surface area contributed by atoms with Crippen molar-refractivity contribution in [2.75, 3.05) is 13.2 Å². The van der Waals surface area contributed by atoms with Gasteiger partial charge in [-0.05, 0) is 31.2 Å². The Balaban J connectivity index is 1.85. The monoisotopic (exact) mass is 349 g/mol. The fraction of sp³-hybridized carbons (Fsp3) is 0.222. The normalized spacial score (nSPS) is 10.2. The van der Waals surface area contributed by atoms with Gasteiger partial charge in [-0.2, -0.15) is 0 Å². The van der Waals surface area contributed by atoms with Gasteiger partial charge in [0.25, 0.3) is 5.91 Å². The highest BCUT2D eigenvalue weighted by Gasteiger charge is 2.14. The Morgan fingerprint density at radius 3 is 2.48 bits per heavy atom. The molecule has 5 nitrogen and oxygen atoms in total. The molecule has 0 fully saturated rings. The van der Waals surface area contributed by atoms with E-state index in [2.05, 4.69) is 5.32 Å². The highest BCUT2D eigenvalue weighted by atomic mass is 19.1. The minimum Gasteiger partial charge on any atom is -0.490 e. The minimum absolute atomic E-state index is 0.0503. The van der Waals surface area contributed by atoms with E-state index < -0.39 is 23.5 Å². The zero-order valence-electron chi connectivity index (χ0n) is 13.6. The molecule has 0 unspecified atom stereocenters. The zero-order valence-corrected chi connectivity index (χ0v) is 13.6. The highest BCUT2D eigenvalue weighted by Crippen LogP contribution is 2.26. The molecule has 1 amide bonds. The van der Waals surface area contributed by atoms with Gasteiger partial charge < -0.3 is 14.8 Å². The molecule has 0 saturated carbocycles. The molecule has 0 heterocycles. The molecule has 0 aliphatic carbocycles. The van der Waals surface area contributed by atoms with Gasteiger partial charge in [-0.25, -0.2) is 8.78 Å². The maximum Gasteiger partial charge on any atom is 0.313 e. The van der Waals surface area contributed by atoms with Crippen molar-refractivity contribution in [3.05, 3.63) is 59.7 Å². The Labute approximate surface area is 143 Å². The van der Waals surface area contributed by atoms with Crippen LogP contribution in [-0.2, 0) is 4.79 Å². The maximum absolute atomic E-state index is 13.5. The SMILES string of the molecule is CCOc1ccccc1OC(=O)CCNC(=O)c1ccc(F)cc1F. The number of amides is 1. The van der Waals surface area contributed by atoms with Gasteiger partial charge in [0.15, 0.2) is 11.5 Å². The number of carbonyl (C=O) groups is 2. The Morgan fingerprint density at radius 1 is 1.08 bits per heavy atom. The molecule has 2 aromatic rings. The Hall–Kier alpha value is -2.96. The van der Waals surface area contributed by atoms with Crippen LogP contribution in [0.4, 0.5) is 8.78 Å². The van der Waals surface area contributed by atoms with E-state index in [-0.39, 0.29) is 24.3 Å². The summed E-state index contributed by atoms with van der Waals surface area (Å²) in [7, 11) is 0. The summed E-state index contributed by atoms with van der Waals surface area (Å²) in [6.07, 6.45) is -0.116. The van der Waals surface area contributed by atoms with E-state index in [4.69, 9.17) is 9.47 Å². The van der Waals surface area contributed by atoms with Gasteiger partial charge in [0, 0.05) is 12.6 Å². The number of carbonyl (C=O) groups excluding carboxylic acids is 2. The lowest BCUT2D eigenvalue weighted by Gasteiger charge is -2.10. The molecule has 0 atom stereocenters. The molecule has 0 aliphatic rings. The summed E-state index contributed by atoms with van der Waals surface area (Å²) in [5.41, 5.74) is -0.295. The summed E-state index contributed by atoms with van der Waals surface area (Å²) in [4.78, 5) is 23.7. The summed E-state index contributed by atoms with van der Waals surface area (Å²) < 4.78 is 36.8. The van der Waals surface area contributed by atoms with Crippen LogP contribution in [0.2, 0.25) is 0 Å². The van der Waals surface area contributed by atoms with Crippen molar-refractivity contribution in [1.82, 2.24) is 5.32 Å². The summed E-state index contributed by atoms with van der Waals surface area (Å²) in [6, 6.07) is 9.35. The van der Waals surface area contributed by atoms with Crippen LogP contribution >= 0.6 is 0 Å². The molecule has 7 heteroatoms. The number of hydrogen-bond donors (Lipinski definition) is 1. The average molecular weight is 349 g/mol. The van der Waals surface area contributed by atoms with Gasteiger partial charge in [-0.3, -0.25) is 9.59 Å². The highest BCUT2D eigenvalue weighted by molar-refractivity contribution is 5.94. The fourth-order valence-electron chi connectivity index (χ4n) is 2.03. The van der Waals surface area contributed by atoms with E-state index in [1.54, 1.807) is 24.3 Å². The number of esters is 1. The fourth-order valence-corrected chi connectivity index (χ4v) is 2.03. The second-order valence-corrected chi connectivity index (χ2v) is 4.98. The van der Waals surface area contributed by atoms with Gasteiger partial charge in [-0.1, -0.05) is 12.1 Å². The van der Waals surface area contributed by atoms with Crippen LogP contribution in [0.5, 0.6) is 11.5 Å². The number of rotatable bonds is 7. The maximum atomic E-state index is 13.5. The quantitative estimate of drug-likeness (QED) is 0.616. The third kappa shape index (κ3) is 5.27. The predicted octanol–water partition coefficient (Wildman–Crippen LogP) is 3.09. The Kier molecular flexibility index (Phi) is 6.45. The van der Waals surface area contributed by atoms with Crippen molar-refractivity contribution < 1.29 is 27.8 Å². The molecule has 132 valence electrons. The van der Waals surface area contributed by atoms with Crippen LogP contribution in [0, 0.1) is 11.6 Å². The summed E-state index contributed by atoms with van der Waals surface area (Å²) in [5, 5.41) is 2.38. The number of hydrogen-bond acceptors (Lipinski definition) is 4. The van der Waals surface area contributed by atoms with Crippen molar-refractivity contribution in [1.29, 1.82) is 0 Å². The number of nitrogens with one attached hydrogen (secondary N) is 1. The van der Waals surface area contributed by atoms with E-state index in [1.165, 1.54) is 0 Å². The van der Waals surface area contributed by atoms with Gasteiger partial charge in [-0.15, -0.1) is 0 Å². The van der Waals surface area contributed by atoms with Crippen molar-refractivity contribution in [2.24, 2.45) is 0 Å². The molecule has 1 N–H and O–H groups in total. The van der Waals surface area contributed by atoms with Gasteiger partial charge in [0.2, 0.25) is 0 Å². The van der Waals surface area contributed by atoms with Crippen molar-refractivity contribution in [3.63, 3.8) is 0 Å². The van der Waals surface area contributed by atoms with Crippen LogP contribution in [0.1, 0.15) is 23.7 Å². The van der Waals surface area contributed by atoms with Crippen molar-refractivity contribution >= 4 is 11.9 Å². The van der Waals surface area contributed by atoms with E-state index in [9.17, 15) is 18.4 Å². The lowest BCUT2D eigenvalue weighted by Crippen LogP contribution is -2.28. The van der Waals surface area contributed by atoms with Gasteiger partial charge >= 0.3 is 5.97 Å². The van der Waals surface area contributed by atoms with Gasteiger partial charge in [0.05, 0.1) is 18.6 Å². The molecule has 0 aliphatic heterocycles.